The predicted octanol–water partition coefficient (Wildman–Crippen LogP) is 2.87. The monoisotopic (exact) mass is 383 g/mol. The molecule has 0 aliphatic heterocycles. The first-order valence-corrected chi connectivity index (χ1v) is 8.86. The molecule has 0 aromatic carbocycles. The number of rotatable bonds is 9. The van der Waals surface area contributed by atoms with Crippen molar-refractivity contribution in [2.45, 2.75) is 45.1 Å². The van der Waals surface area contributed by atoms with Crippen molar-refractivity contribution in [1.82, 2.24) is 4.98 Å². The van der Waals surface area contributed by atoms with E-state index in [4.69, 9.17) is 9.47 Å². The quantitative estimate of drug-likeness (QED) is 0.370. The SMILES string of the molecule is CCC(F)(F)c1ccc(C(=O)C2C(=O)CCCC2=O)c(COCCOC)n1. The highest BCUT2D eigenvalue weighted by Gasteiger charge is 2.38. The van der Waals surface area contributed by atoms with Gasteiger partial charge in [0.15, 0.2) is 17.3 Å². The third-order valence-corrected chi connectivity index (χ3v) is 4.48. The summed E-state index contributed by atoms with van der Waals surface area (Å²) in [5.41, 5.74) is -0.516. The number of hydrogen-bond donors (Lipinski definition) is 0. The van der Waals surface area contributed by atoms with E-state index in [0.717, 1.165) is 6.07 Å². The van der Waals surface area contributed by atoms with Crippen LogP contribution >= 0.6 is 0 Å². The van der Waals surface area contributed by atoms with Gasteiger partial charge in [0.05, 0.1) is 25.5 Å². The fourth-order valence-electron chi connectivity index (χ4n) is 2.88. The average molecular weight is 383 g/mol. The molecule has 1 aromatic rings. The number of ether oxygens (including phenoxy) is 2. The Bertz CT molecular complexity index is 704. The van der Waals surface area contributed by atoms with E-state index in [9.17, 15) is 23.2 Å². The highest BCUT2D eigenvalue weighted by atomic mass is 19.3. The van der Waals surface area contributed by atoms with Gasteiger partial charge in [-0.05, 0) is 18.6 Å². The lowest BCUT2D eigenvalue weighted by atomic mass is 9.81. The van der Waals surface area contributed by atoms with Crippen molar-refractivity contribution >= 4 is 17.3 Å². The molecule has 2 rings (SSSR count). The topological polar surface area (TPSA) is 82.6 Å². The molecule has 148 valence electrons. The summed E-state index contributed by atoms with van der Waals surface area (Å²) in [5, 5.41) is 0. The summed E-state index contributed by atoms with van der Waals surface area (Å²) in [6.07, 6.45) is 0.285. The highest BCUT2D eigenvalue weighted by Crippen LogP contribution is 2.31. The maximum absolute atomic E-state index is 14.0. The van der Waals surface area contributed by atoms with Gasteiger partial charge in [-0.3, -0.25) is 14.4 Å². The van der Waals surface area contributed by atoms with Gasteiger partial charge in [-0.15, -0.1) is 0 Å². The molecule has 1 heterocycles. The van der Waals surface area contributed by atoms with Gasteiger partial charge in [0.2, 0.25) is 0 Å². The van der Waals surface area contributed by atoms with Crippen LogP contribution in [0.3, 0.4) is 0 Å². The zero-order valence-electron chi connectivity index (χ0n) is 15.4. The molecule has 1 aliphatic rings. The van der Waals surface area contributed by atoms with E-state index < -0.39 is 41.3 Å². The van der Waals surface area contributed by atoms with Crippen molar-refractivity contribution in [3.05, 3.63) is 29.1 Å². The number of alkyl halides is 2. The van der Waals surface area contributed by atoms with E-state index in [1.54, 1.807) is 0 Å². The number of pyridine rings is 1. The Balaban J connectivity index is 2.36. The molecule has 0 N–H and O–H groups in total. The van der Waals surface area contributed by atoms with Crippen LogP contribution in [0.2, 0.25) is 0 Å². The zero-order chi connectivity index (χ0) is 20.0. The van der Waals surface area contributed by atoms with Crippen LogP contribution in [0.25, 0.3) is 0 Å². The second kappa shape index (κ2) is 9.23. The van der Waals surface area contributed by atoms with Crippen molar-refractivity contribution in [3.63, 3.8) is 0 Å². The molecule has 6 nitrogen and oxygen atoms in total. The number of nitrogens with zero attached hydrogens (tertiary/aromatic N) is 1. The molecule has 0 unspecified atom stereocenters. The summed E-state index contributed by atoms with van der Waals surface area (Å²) in [6.45, 7) is 1.59. The van der Waals surface area contributed by atoms with Crippen LogP contribution in [0.5, 0.6) is 0 Å². The minimum atomic E-state index is -3.15. The number of methoxy groups -OCH3 is 1. The molecule has 0 spiro atoms. The standard InChI is InChI=1S/C19H23F2NO5/c1-3-19(20,21)16-8-7-12(13(22-16)11-27-10-9-26-2)18(25)17-14(23)5-4-6-15(17)24/h7-8,17H,3-6,9-11H2,1-2H3. The summed E-state index contributed by atoms with van der Waals surface area (Å²) in [7, 11) is 1.49. The van der Waals surface area contributed by atoms with Crippen molar-refractivity contribution in [1.29, 1.82) is 0 Å². The maximum atomic E-state index is 14.0. The molecular formula is C19H23F2NO5. The highest BCUT2D eigenvalue weighted by molar-refractivity contribution is 6.25. The number of Topliss-reactive ketones (excluding diaryl/α,β-unsaturated/α-hetero) is 3. The number of carbonyl (C=O) groups excluding carboxylic acids is 3. The van der Waals surface area contributed by atoms with E-state index in [1.807, 2.05) is 0 Å². The van der Waals surface area contributed by atoms with Gasteiger partial charge in [-0.25, -0.2) is 4.98 Å². The van der Waals surface area contributed by atoms with E-state index in [0.29, 0.717) is 6.42 Å². The van der Waals surface area contributed by atoms with Crippen LogP contribution in [0.15, 0.2) is 12.1 Å². The average Bonchev–Trinajstić information content (AvgIpc) is 2.64. The lowest BCUT2D eigenvalue weighted by molar-refractivity contribution is -0.133. The first kappa shape index (κ1) is 21.2. The number of halogens is 2. The molecule has 1 fully saturated rings. The van der Waals surface area contributed by atoms with Gasteiger partial charge >= 0.3 is 0 Å². The van der Waals surface area contributed by atoms with Crippen LogP contribution in [-0.2, 0) is 31.6 Å². The predicted molar refractivity (Wildman–Crippen MR) is 91.6 cm³/mol. The first-order chi connectivity index (χ1) is 12.8. The summed E-state index contributed by atoms with van der Waals surface area (Å²) >= 11 is 0. The molecule has 0 amide bonds. The van der Waals surface area contributed by atoms with Crippen LogP contribution in [0, 0.1) is 5.92 Å². The van der Waals surface area contributed by atoms with Crippen molar-refractivity contribution in [3.8, 4) is 0 Å². The van der Waals surface area contributed by atoms with E-state index in [1.165, 1.54) is 20.1 Å². The van der Waals surface area contributed by atoms with E-state index >= 15 is 0 Å². The van der Waals surface area contributed by atoms with Crippen LogP contribution in [0.1, 0.15) is 54.4 Å². The van der Waals surface area contributed by atoms with Crippen molar-refractivity contribution < 1.29 is 32.6 Å². The Kier molecular flexibility index (Phi) is 7.26. The van der Waals surface area contributed by atoms with Crippen molar-refractivity contribution in [2.24, 2.45) is 5.92 Å². The molecule has 1 aromatic heterocycles. The molecular weight excluding hydrogens is 360 g/mol. The minimum absolute atomic E-state index is 0.00657. The Morgan fingerprint density at radius 1 is 1.22 bits per heavy atom. The van der Waals surface area contributed by atoms with E-state index in [-0.39, 0.29) is 43.9 Å². The number of ketones is 3. The second-order valence-electron chi connectivity index (χ2n) is 6.38. The Labute approximate surface area is 156 Å². The lowest BCUT2D eigenvalue weighted by Crippen LogP contribution is -2.36. The normalized spacial score (nSPS) is 16.0. The fourth-order valence-corrected chi connectivity index (χ4v) is 2.88. The van der Waals surface area contributed by atoms with Gasteiger partial charge < -0.3 is 9.47 Å². The molecule has 1 saturated carbocycles. The molecule has 0 bridgehead atoms. The Morgan fingerprint density at radius 2 is 1.89 bits per heavy atom. The van der Waals surface area contributed by atoms with Gasteiger partial charge in [0.25, 0.3) is 5.92 Å². The van der Waals surface area contributed by atoms with Crippen LogP contribution < -0.4 is 0 Å². The molecule has 0 radical (unpaired) electrons. The number of hydrogen-bond acceptors (Lipinski definition) is 6. The van der Waals surface area contributed by atoms with Crippen molar-refractivity contribution in [2.75, 3.05) is 20.3 Å². The third kappa shape index (κ3) is 5.01. The van der Waals surface area contributed by atoms with E-state index in [2.05, 4.69) is 4.98 Å². The Hall–Kier alpha value is -2.06. The molecule has 8 heteroatoms. The van der Waals surface area contributed by atoms with Gasteiger partial charge in [-0.1, -0.05) is 6.92 Å². The molecule has 27 heavy (non-hydrogen) atoms. The summed E-state index contributed by atoms with van der Waals surface area (Å²) in [4.78, 5) is 40.9. The lowest BCUT2D eigenvalue weighted by Gasteiger charge is -2.20. The number of aromatic nitrogens is 1. The number of carbonyl (C=O) groups is 3. The molecule has 1 aliphatic carbocycles. The molecule has 0 saturated heterocycles. The first-order valence-electron chi connectivity index (χ1n) is 8.86. The smallest absolute Gasteiger partial charge is 0.289 e. The van der Waals surface area contributed by atoms with Gasteiger partial charge in [0.1, 0.15) is 11.6 Å². The second-order valence-corrected chi connectivity index (χ2v) is 6.38. The zero-order valence-corrected chi connectivity index (χ0v) is 15.4. The maximum Gasteiger partial charge on any atom is 0.289 e. The van der Waals surface area contributed by atoms with Gasteiger partial charge in [-0.2, -0.15) is 8.78 Å². The van der Waals surface area contributed by atoms with Crippen LogP contribution in [0.4, 0.5) is 8.78 Å². The summed E-state index contributed by atoms with van der Waals surface area (Å²) in [6, 6.07) is 2.27. The fraction of sp³-hybridized carbons (Fsp3) is 0.579. The largest absolute Gasteiger partial charge is 0.382 e. The minimum Gasteiger partial charge on any atom is -0.382 e. The third-order valence-electron chi connectivity index (χ3n) is 4.48. The van der Waals surface area contributed by atoms with Crippen LogP contribution in [-0.4, -0.2) is 42.7 Å². The Morgan fingerprint density at radius 3 is 2.48 bits per heavy atom. The summed E-state index contributed by atoms with van der Waals surface area (Å²) < 4.78 is 38.2. The van der Waals surface area contributed by atoms with Gasteiger partial charge in [0, 0.05) is 31.9 Å². The summed E-state index contributed by atoms with van der Waals surface area (Å²) in [5.74, 6) is -6.11. The molecule has 0 atom stereocenters.